The van der Waals surface area contributed by atoms with E-state index in [0.717, 1.165) is 6.08 Å². The van der Waals surface area contributed by atoms with Gasteiger partial charge in [0.2, 0.25) is 0 Å². The van der Waals surface area contributed by atoms with Gasteiger partial charge in [0.25, 0.3) is 0 Å². The fraction of sp³-hybridized carbons (Fsp3) is 0. The summed E-state index contributed by atoms with van der Waals surface area (Å²) in [5, 5.41) is 15.1. The van der Waals surface area contributed by atoms with Gasteiger partial charge in [-0.3, -0.25) is 0 Å². The van der Waals surface area contributed by atoms with E-state index in [2.05, 4.69) is 30.7 Å². The number of carboxylic acids is 1. The average molecular weight is 325 g/mol. The molecule has 2 rings (SSSR count). The van der Waals surface area contributed by atoms with Gasteiger partial charge in [-0.05, 0) is 12.1 Å². The maximum Gasteiger partial charge on any atom is 0.327 e. The summed E-state index contributed by atoms with van der Waals surface area (Å²) >= 11 is 0. The monoisotopic (exact) mass is 325 g/mol. The van der Waals surface area contributed by atoms with Crippen molar-refractivity contribution < 1.29 is 14.3 Å². The van der Waals surface area contributed by atoms with Crippen LogP contribution < -0.4 is 0 Å². The Morgan fingerprint density at radius 2 is 1.17 bits per heavy atom. The van der Waals surface area contributed by atoms with E-state index in [-0.39, 0.29) is 0 Å². The van der Waals surface area contributed by atoms with E-state index in [9.17, 15) is 4.79 Å². The van der Waals surface area contributed by atoms with Gasteiger partial charge in [-0.2, -0.15) is 5.26 Å². The van der Waals surface area contributed by atoms with Crippen molar-refractivity contribution in [3.05, 3.63) is 112 Å². The molecule has 0 amide bonds. The zero-order chi connectivity index (χ0) is 18.9. The van der Waals surface area contributed by atoms with E-state index in [4.69, 9.17) is 10.4 Å². The summed E-state index contributed by atoms with van der Waals surface area (Å²) in [7, 11) is 0. The average Bonchev–Trinajstić information content (AvgIpc) is 3.24. The highest BCUT2D eigenvalue weighted by Crippen LogP contribution is 1.80. The summed E-state index contributed by atoms with van der Waals surface area (Å²) in [5.74, 6) is -0.981. The number of nitrogens with zero attached hydrogens (tertiary/aromatic N) is 1. The second kappa shape index (κ2) is 27.7. The van der Waals surface area contributed by atoms with Gasteiger partial charge in [0.05, 0.1) is 18.6 Å². The number of benzene rings is 1. The molecule has 0 aliphatic heterocycles. The second-order valence-electron chi connectivity index (χ2n) is 3.29. The predicted molar refractivity (Wildman–Crippen MR) is 99.2 cm³/mol. The summed E-state index contributed by atoms with van der Waals surface area (Å²) in [6.45, 7) is 12.8. The third-order valence-electron chi connectivity index (χ3n) is 1.52. The van der Waals surface area contributed by atoms with Crippen molar-refractivity contribution >= 4 is 5.97 Å². The number of hydrogen-bond donors (Lipinski definition) is 1. The van der Waals surface area contributed by atoms with Gasteiger partial charge in [-0.1, -0.05) is 74.9 Å². The van der Waals surface area contributed by atoms with Crippen LogP contribution in [-0.2, 0) is 4.79 Å². The number of carboxylic acid groups (broad SMARTS) is 1. The number of allylic oxidation sites excluding steroid dienone is 3. The summed E-state index contributed by atoms with van der Waals surface area (Å²) in [6, 6.07) is 17.4. The smallest absolute Gasteiger partial charge is 0.327 e. The van der Waals surface area contributed by atoms with Crippen LogP contribution in [0.2, 0.25) is 0 Å². The van der Waals surface area contributed by atoms with Crippen LogP contribution in [0.15, 0.2) is 116 Å². The van der Waals surface area contributed by atoms with Crippen LogP contribution >= 0.6 is 0 Å². The first-order valence-electron chi connectivity index (χ1n) is 6.67. The van der Waals surface area contributed by atoms with Gasteiger partial charge in [0, 0.05) is 12.2 Å². The summed E-state index contributed by atoms with van der Waals surface area (Å²) in [4.78, 5) is 9.25. The van der Waals surface area contributed by atoms with E-state index in [1.165, 1.54) is 6.08 Å². The molecule has 0 radical (unpaired) electrons. The number of hydrogen-bond acceptors (Lipinski definition) is 3. The molecule has 0 aliphatic carbocycles. The summed E-state index contributed by atoms with van der Waals surface area (Å²) < 4.78 is 4.58. The fourth-order valence-electron chi connectivity index (χ4n) is 0.612. The summed E-state index contributed by atoms with van der Waals surface area (Å²) in [6.07, 6.45) is 8.54. The lowest BCUT2D eigenvalue weighted by Gasteiger charge is -1.69. The van der Waals surface area contributed by atoms with Crippen molar-refractivity contribution in [3.63, 3.8) is 0 Å². The van der Waals surface area contributed by atoms with Crippen LogP contribution in [-0.4, -0.2) is 11.1 Å². The molecule has 4 heteroatoms. The number of furan rings is 1. The van der Waals surface area contributed by atoms with Crippen LogP contribution in [0.3, 0.4) is 0 Å². The molecule has 1 N–H and O–H groups in total. The lowest BCUT2D eigenvalue weighted by molar-refractivity contribution is -0.131. The predicted octanol–water partition coefficient (Wildman–Crippen LogP) is 5.28. The molecule has 0 bridgehead atoms. The highest BCUT2D eigenvalue weighted by atomic mass is 16.4. The number of aliphatic carboxylic acids is 1. The Balaban J connectivity index is -0.000000232. The first-order valence-corrected chi connectivity index (χ1v) is 6.67. The molecule has 24 heavy (non-hydrogen) atoms. The first kappa shape index (κ1) is 25.4. The minimum atomic E-state index is -0.981. The molecule has 0 unspecified atom stereocenters. The van der Waals surface area contributed by atoms with E-state index < -0.39 is 5.97 Å². The Morgan fingerprint density at radius 3 is 1.25 bits per heavy atom. The van der Waals surface area contributed by atoms with Crippen molar-refractivity contribution in [3.8, 4) is 6.07 Å². The van der Waals surface area contributed by atoms with Crippen LogP contribution in [0.25, 0.3) is 0 Å². The Morgan fingerprint density at radius 1 is 0.875 bits per heavy atom. The van der Waals surface area contributed by atoms with Gasteiger partial charge < -0.3 is 9.52 Å². The van der Waals surface area contributed by atoms with Gasteiger partial charge in [0.15, 0.2) is 0 Å². The van der Waals surface area contributed by atoms with Crippen LogP contribution in [0.4, 0.5) is 0 Å². The Kier molecular flexibility index (Phi) is 29.3. The molecule has 1 aromatic heterocycles. The molecule has 0 aliphatic rings. The normalized spacial score (nSPS) is 6.46. The molecule has 0 atom stereocenters. The van der Waals surface area contributed by atoms with Crippen molar-refractivity contribution in [2.45, 2.75) is 0 Å². The lowest BCUT2D eigenvalue weighted by atomic mass is 10.4. The van der Waals surface area contributed by atoms with Crippen LogP contribution in [0, 0.1) is 11.3 Å². The lowest BCUT2D eigenvalue weighted by Crippen LogP contribution is -1.82. The number of nitriles is 1. The third-order valence-corrected chi connectivity index (χ3v) is 1.52. The first-order chi connectivity index (χ1) is 11.6. The second-order valence-corrected chi connectivity index (χ2v) is 3.29. The molecule has 0 saturated carbocycles. The molecule has 4 nitrogen and oxygen atoms in total. The Bertz CT molecular complexity index is 502. The van der Waals surface area contributed by atoms with Crippen molar-refractivity contribution in [2.24, 2.45) is 0 Å². The minimum absolute atomic E-state index is 0.833. The minimum Gasteiger partial charge on any atom is -0.478 e. The molecular weight excluding hydrogens is 302 g/mol. The van der Waals surface area contributed by atoms with Crippen LogP contribution in [0.5, 0.6) is 0 Å². The van der Waals surface area contributed by atoms with E-state index in [1.807, 2.05) is 48.5 Å². The number of rotatable bonds is 2. The highest BCUT2D eigenvalue weighted by molar-refractivity contribution is 5.78. The molecule has 1 heterocycles. The quantitative estimate of drug-likeness (QED) is 0.463. The van der Waals surface area contributed by atoms with Crippen molar-refractivity contribution in [1.29, 1.82) is 5.26 Å². The third kappa shape index (κ3) is 42.9. The van der Waals surface area contributed by atoms with E-state index in [0.29, 0.717) is 0 Å². The Hall–Kier alpha value is -3.58. The molecule has 1 aromatic carbocycles. The largest absolute Gasteiger partial charge is 0.478 e. The maximum atomic E-state index is 9.25. The molecule has 0 fully saturated rings. The van der Waals surface area contributed by atoms with Crippen LogP contribution in [0.1, 0.15) is 0 Å². The SMILES string of the molecule is C=CC#N.C=CC(=O)O.C=CC=C.c1ccccc1.c1ccoc1. The van der Waals surface area contributed by atoms with E-state index in [1.54, 1.807) is 30.7 Å². The molecule has 0 saturated heterocycles. The van der Waals surface area contributed by atoms with Gasteiger partial charge >= 0.3 is 5.97 Å². The van der Waals surface area contributed by atoms with E-state index >= 15 is 0 Å². The number of carbonyl (C=O) groups is 1. The van der Waals surface area contributed by atoms with Gasteiger partial charge in [0.1, 0.15) is 0 Å². The van der Waals surface area contributed by atoms with Gasteiger partial charge in [-0.25, -0.2) is 4.79 Å². The molecule has 126 valence electrons. The summed E-state index contributed by atoms with van der Waals surface area (Å²) in [5.41, 5.74) is 0. The maximum absolute atomic E-state index is 9.25. The zero-order valence-corrected chi connectivity index (χ0v) is 13.6. The molecule has 0 spiro atoms. The topological polar surface area (TPSA) is 74.2 Å². The van der Waals surface area contributed by atoms with Crippen molar-refractivity contribution in [1.82, 2.24) is 0 Å². The Labute approximate surface area is 144 Å². The standard InChI is InChI=1S/C6H6.C4H4O.C4H6.C3H3N.C3H4O2/c1-2-4-6-5-3-1;1-2-4-5-3-1;1-3-4-2;1-2-3-4;1-2-3(4)5/h1-6H;1-4H;3-4H,1-2H2;2H,1H2;2H,1H2,(H,4,5). The zero-order valence-electron chi connectivity index (χ0n) is 13.6. The van der Waals surface area contributed by atoms with Crippen molar-refractivity contribution in [2.75, 3.05) is 0 Å². The molecule has 2 aromatic rings. The fourth-order valence-corrected chi connectivity index (χ4v) is 0.612. The highest BCUT2D eigenvalue weighted by Gasteiger charge is 1.73. The van der Waals surface area contributed by atoms with Gasteiger partial charge in [-0.15, -0.1) is 0 Å². The molecular formula is C20H23NO3.